The predicted octanol–water partition coefficient (Wildman–Crippen LogP) is 5.14. The molecule has 1 aliphatic heterocycles. The molecule has 43 heavy (non-hydrogen) atoms. The summed E-state index contributed by atoms with van der Waals surface area (Å²) in [5, 5.41) is 9.06. The van der Waals surface area contributed by atoms with E-state index in [-0.39, 0.29) is 51.2 Å². The van der Waals surface area contributed by atoms with Crippen LogP contribution in [0.25, 0.3) is 0 Å². The maximum Gasteiger partial charge on any atom is 0.399 e. The topological polar surface area (TPSA) is 154 Å². The Morgan fingerprint density at radius 3 is 2.33 bits per heavy atom. The lowest BCUT2D eigenvalue weighted by atomic mass is 10.0. The Morgan fingerprint density at radius 2 is 1.81 bits per heavy atom. The van der Waals surface area contributed by atoms with Crippen LogP contribution in [0.1, 0.15) is 73.5 Å². The van der Waals surface area contributed by atoms with E-state index in [1.165, 1.54) is 27.2 Å². The summed E-state index contributed by atoms with van der Waals surface area (Å²) in [6.07, 6.45) is -3.41. The van der Waals surface area contributed by atoms with E-state index in [4.69, 9.17) is 32.8 Å². The Hall–Kier alpha value is -1.59. The number of hydrogen-bond donors (Lipinski definition) is 1. The van der Waals surface area contributed by atoms with Crippen molar-refractivity contribution in [3.8, 4) is 6.07 Å². The van der Waals surface area contributed by atoms with Crippen LogP contribution in [-0.4, -0.2) is 77.2 Å². The van der Waals surface area contributed by atoms with Crippen molar-refractivity contribution in [1.29, 1.82) is 5.26 Å². The number of nitriles is 1. The van der Waals surface area contributed by atoms with Gasteiger partial charge in [-0.25, -0.2) is 9.46 Å². The molecular weight excluding hydrogens is 612 g/mol. The first kappa shape index (κ1) is 37.6. The van der Waals surface area contributed by atoms with Crippen LogP contribution < -0.4 is 11.2 Å². The summed E-state index contributed by atoms with van der Waals surface area (Å²) >= 11 is 0. The van der Waals surface area contributed by atoms with Gasteiger partial charge in [0.15, 0.2) is 6.23 Å². The highest BCUT2D eigenvalue weighted by atomic mass is 31.2. The monoisotopic (exact) mass is 656 g/mol. The molecule has 1 fully saturated rings. The maximum absolute atomic E-state index is 15.1. The van der Waals surface area contributed by atoms with Crippen molar-refractivity contribution in [2.45, 2.75) is 110 Å². The largest absolute Gasteiger partial charge is 0.399 e. The van der Waals surface area contributed by atoms with Gasteiger partial charge in [-0.2, -0.15) is 14.0 Å². The molecule has 246 valence electrons. The van der Waals surface area contributed by atoms with Crippen LogP contribution in [0.15, 0.2) is 21.9 Å². The Morgan fingerprint density at radius 1 is 1.19 bits per heavy atom. The average molecular weight is 657 g/mol. The molecule has 2 rings (SSSR count). The number of ether oxygens (including phenoxy) is 2. The van der Waals surface area contributed by atoms with Crippen molar-refractivity contribution < 1.29 is 40.9 Å². The highest BCUT2D eigenvalue weighted by Gasteiger charge is 2.54. The summed E-state index contributed by atoms with van der Waals surface area (Å²) in [5.74, 6) is 0. The van der Waals surface area contributed by atoms with Crippen LogP contribution in [0.2, 0.25) is 0 Å². The third-order valence-electron chi connectivity index (χ3n) is 6.52. The summed E-state index contributed by atoms with van der Waals surface area (Å²) in [7, 11) is -5.13. The standard InChI is InChI=1S/C26H44F2N4O9P2/c1-8-38-43(35,39-9-2)26(27,28)14-10-12-20-22(41-42(37-17-11-15-29)32(18(3)4)19(5)6)23(36-7)24(40-20)31-16-13-21(33)30-25(31)34/h13,16,18-20,22-24H,8-12,14,17H2,1-7H3,(H,30,33,34)/t20-,22?,23?,24-,42?/m1/s1. The second-order valence-corrected chi connectivity index (χ2v) is 13.9. The molecule has 1 aliphatic rings. The molecule has 1 saturated heterocycles. The summed E-state index contributed by atoms with van der Waals surface area (Å²) in [6.45, 7) is 10.4. The molecule has 0 aromatic carbocycles. The lowest BCUT2D eigenvalue weighted by Gasteiger charge is -2.38. The van der Waals surface area contributed by atoms with Crippen molar-refractivity contribution >= 4 is 16.1 Å². The Labute approximate surface area is 252 Å². The maximum atomic E-state index is 15.1. The van der Waals surface area contributed by atoms with Crippen molar-refractivity contribution in [2.75, 3.05) is 26.9 Å². The Kier molecular flexibility index (Phi) is 15.0. The molecule has 1 aromatic rings. The second-order valence-electron chi connectivity index (χ2n) is 10.3. The van der Waals surface area contributed by atoms with Gasteiger partial charge in [0.1, 0.15) is 12.2 Å². The lowest BCUT2D eigenvalue weighted by molar-refractivity contribution is -0.0559. The molecule has 0 bridgehead atoms. The van der Waals surface area contributed by atoms with Crippen molar-refractivity contribution in [3.63, 3.8) is 0 Å². The van der Waals surface area contributed by atoms with Crippen LogP contribution in [0.5, 0.6) is 0 Å². The molecule has 13 nitrogen and oxygen atoms in total. The number of alkyl halides is 2. The first-order valence-electron chi connectivity index (χ1n) is 14.3. The highest BCUT2D eigenvalue weighted by molar-refractivity contribution is 7.55. The van der Waals surface area contributed by atoms with Gasteiger partial charge in [0, 0.05) is 37.9 Å². The third-order valence-corrected chi connectivity index (χ3v) is 10.9. The van der Waals surface area contributed by atoms with E-state index in [1.54, 1.807) is 0 Å². The van der Waals surface area contributed by atoms with Gasteiger partial charge in [0.05, 0.1) is 38.4 Å². The zero-order valence-electron chi connectivity index (χ0n) is 25.7. The fraction of sp³-hybridized carbons (Fsp3) is 0.808. The summed E-state index contributed by atoms with van der Waals surface area (Å²) in [4.78, 5) is 26.5. The molecule has 2 heterocycles. The van der Waals surface area contributed by atoms with Crippen molar-refractivity contribution in [3.05, 3.63) is 33.1 Å². The van der Waals surface area contributed by atoms with Crippen LogP contribution in [-0.2, 0) is 32.1 Å². The molecule has 17 heteroatoms. The first-order valence-corrected chi connectivity index (χ1v) is 17.0. The molecule has 1 N–H and O–H groups in total. The molecule has 0 saturated carbocycles. The molecule has 3 unspecified atom stereocenters. The number of aromatic amines is 1. The molecule has 0 aliphatic carbocycles. The Balaban J connectivity index is 2.44. The summed E-state index contributed by atoms with van der Waals surface area (Å²) in [5.41, 5.74) is -5.12. The van der Waals surface area contributed by atoms with Crippen LogP contribution >= 0.6 is 16.1 Å². The van der Waals surface area contributed by atoms with Crippen LogP contribution in [0.4, 0.5) is 8.78 Å². The van der Waals surface area contributed by atoms with Gasteiger partial charge in [-0.3, -0.25) is 18.9 Å². The zero-order chi connectivity index (χ0) is 32.4. The fourth-order valence-electron chi connectivity index (χ4n) is 4.79. The van der Waals surface area contributed by atoms with E-state index < -0.39 is 64.0 Å². The normalized spacial score (nSPS) is 22.0. The van der Waals surface area contributed by atoms with Gasteiger partial charge in [-0.05, 0) is 54.4 Å². The molecular formula is C26H44F2N4O9P2. The number of methoxy groups -OCH3 is 1. The Bertz CT molecular complexity index is 1190. The summed E-state index contributed by atoms with van der Waals surface area (Å²) in [6, 6.07) is 3.12. The average Bonchev–Trinajstić information content (AvgIpc) is 3.25. The minimum atomic E-state index is -4.72. The quantitative estimate of drug-likeness (QED) is 0.156. The molecule has 5 atom stereocenters. The molecule has 0 radical (unpaired) electrons. The SMILES string of the molecule is CCOP(=O)(OCC)C(F)(F)CCC[C@H]1O[C@@H](n2ccc(=O)[nH]c2=O)C(OC)C1OP(OCCC#N)N(C(C)C)C(C)C. The van der Waals surface area contributed by atoms with Gasteiger partial charge in [0.25, 0.3) is 14.1 Å². The van der Waals surface area contributed by atoms with Gasteiger partial charge < -0.3 is 27.6 Å². The number of halogens is 2. The predicted molar refractivity (Wildman–Crippen MR) is 156 cm³/mol. The van der Waals surface area contributed by atoms with Gasteiger partial charge in [-0.15, -0.1) is 0 Å². The smallest absolute Gasteiger partial charge is 0.374 e. The second kappa shape index (κ2) is 17.2. The van der Waals surface area contributed by atoms with Gasteiger partial charge in [0.2, 0.25) is 0 Å². The molecule has 0 spiro atoms. The van der Waals surface area contributed by atoms with E-state index in [1.807, 2.05) is 38.4 Å². The third kappa shape index (κ3) is 9.70. The van der Waals surface area contributed by atoms with Crippen LogP contribution in [0, 0.1) is 11.3 Å². The van der Waals surface area contributed by atoms with Gasteiger partial charge in [-0.1, -0.05) is 0 Å². The lowest BCUT2D eigenvalue weighted by Crippen LogP contribution is -2.41. The molecule has 0 amide bonds. The molecule has 1 aromatic heterocycles. The van der Waals surface area contributed by atoms with Crippen LogP contribution in [0.3, 0.4) is 0 Å². The number of hydrogen-bond acceptors (Lipinski definition) is 11. The number of nitrogens with one attached hydrogen (secondary N) is 1. The van der Waals surface area contributed by atoms with E-state index in [0.29, 0.717) is 0 Å². The van der Waals surface area contributed by atoms with E-state index >= 15 is 8.78 Å². The number of rotatable bonds is 19. The van der Waals surface area contributed by atoms with Gasteiger partial charge >= 0.3 is 18.9 Å². The summed E-state index contributed by atoms with van der Waals surface area (Å²) < 4.78 is 80.5. The number of H-pyrrole nitrogens is 1. The number of aromatic nitrogens is 2. The van der Waals surface area contributed by atoms with Crippen molar-refractivity contribution in [1.82, 2.24) is 14.2 Å². The first-order chi connectivity index (χ1) is 20.3. The minimum absolute atomic E-state index is 0.00229. The van der Waals surface area contributed by atoms with E-state index in [2.05, 4.69) is 4.98 Å². The zero-order valence-corrected chi connectivity index (χ0v) is 27.5. The van der Waals surface area contributed by atoms with E-state index in [0.717, 1.165) is 10.6 Å². The van der Waals surface area contributed by atoms with Crippen molar-refractivity contribution in [2.24, 2.45) is 0 Å². The number of nitrogens with zero attached hydrogens (tertiary/aromatic N) is 3. The fourth-order valence-corrected chi connectivity index (χ4v) is 8.12. The van der Waals surface area contributed by atoms with E-state index in [9.17, 15) is 14.2 Å². The minimum Gasteiger partial charge on any atom is -0.374 e. The highest BCUT2D eigenvalue weighted by Crippen LogP contribution is 2.63.